The summed E-state index contributed by atoms with van der Waals surface area (Å²) in [5.41, 5.74) is 10.4. The normalized spacial score (nSPS) is 14.8. The molecule has 0 saturated carbocycles. The van der Waals surface area contributed by atoms with Crippen molar-refractivity contribution in [2.45, 2.75) is 93.9 Å². The summed E-state index contributed by atoms with van der Waals surface area (Å²) in [5, 5.41) is 1.52. The minimum absolute atomic E-state index is 0.382. The van der Waals surface area contributed by atoms with Gasteiger partial charge in [-0.1, -0.05) is 71.7 Å². The fourth-order valence-electron chi connectivity index (χ4n) is 3.51. The Morgan fingerprint density at radius 3 is 1.14 bits per heavy atom. The molecule has 1 radical (unpaired) electrons. The van der Waals surface area contributed by atoms with Gasteiger partial charge in [0, 0.05) is 15.2 Å². The van der Waals surface area contributed by atoms with Crippen LogP contribution in [0.3, 0.4) is 0 Å². The van der Waals surface area contributed by atoms with Crippen LogP contribution in [0.15, 0.2) is 34.4 Å². The van der Waals surface area contributed by atoms with Gasteiger partial charge in [0.1, 0.15) is 0 Å². The molecule has 1 aromatic rings. The van der Waals surface area contributed by atoms with E-state index < -0.39 is 0 Å². The Morgan fingerprint density at radius 1 is 0.655 bits per heavy atom. The van der Waals surface area contributed by atoms with Crippen molar-refractivity contribution in [2.75, 3.05) is 0 Å². The minimum atomic E-state index is 0.382. The molecule has 0 amide bonds. The molecule has 0 bridgehead atoms. The molecule has 168 valence electrons. The molecule has 0 saturated heterocycles. The Kier molecular flexibility index (Phi) is 13.7. The first-order chi connectivity index (χ1) is 13.3. The van der Waals surface area contributed by atoms with E-state index in [9.17, 15) is 0 Å². The second-order valence-electron chi connectivity index (χ2n) is 8.81. The van der Waals surface area contributed by atoms with Gasteiger partial charge in [-0.25, -0.2) is 0 Å². The maximum absolute atomic E-state index is 4.73. The third-order valence-corrected chi connectivity index (χ3v) is 6.88. The third-order valence-electron chi connectivity index (χ3n) is 6.06. The average molecular weight is 502 g/mol. The predicted octanol–water partition coefficient (Wildman–Crippen LogP) is 8.93. The van der Waals surface area contributed by atoms with Gasteiger partial charge in [0.25, 0.3) is 0 Å². The number of halogens is 2. The second kappa shape index (κ2) is 13.6. The van der Waals surface area contributed by atoms with Crippen molar-refractivity contribution in [2.24, 2.45) is 0 Å². The van der Waals surface area contributed by atoms with Crippen LogP contribution in [-0.2, 0) is 12.9 Å². The molecule has 0 fully saturated rings. The van der Waals surface area contributed by atoms with Crippen LogP contribution in [0.2, 0.25) is 0 Å². The molecule has 1 aliphatic rings. The van der Waals surface area contributed by atoms with Gasteiger partial charge in [0.2, 0.25) is 0 Å². The van der Waals surface area contributed by atoms with E-state index in [1.807, 2.05) is 0 Å². The molecule has 0 aliphatic heterocycles. The van der Waals surface area contributed by atoms with Gasteiger partial charge in [-0.3, -0.25) is 0 Å². The van der Waals surface area contributed by atoms with Crippen molar-refractivity contribution in [3.8, 4) is 0 Å². The van der Waals surface area contributed by atoms with Gasteiger partial charge in [-0.15, -0.1) is 0 Å². The van der Waals surface area contributed by atoms with Crippen molar-refractivity contribution in [1.82, 2.24) is 0 Å². The zero-order valence-corrected chi connectivity index (χ0v) is 24.2. The first-order valence-electron chi connectivity index (χ1n) is 10.3. The van der Waals surface area contributed by atoms with Gasteiger partial charge >= 0.3 is 33.2 Å². The predicted molar refractivity (Wildman–Crippen MR) is 137 cm³/mol. The van der Waals surface area contributed by atoms with Crippen molar-refractivity contribution < 1.29 is 12.9 Å². The van der Waals surface area contributed by atoms with Crippen molar-refractivity contribution in [3.63, 3.8) is 0 Å². The first kappa shape index (κ1) is 29.2. The van der Waals surface area contributed by atoms with Crippen LogP contribution in [0.1, 0.15) is 111 Å². The molecular formula is C25H41Cl2CoP+. The summed E-state index contributed by atoms with van der Waals surface area (Å²) in [6.07, 6.45) is 0. The molecule has 1 aliphatic carbocycles. The van der Waals surface area contributed by atoms with E-state index in [1.54, 1.807) is 0 Å². The summed E-state index contributed by atoms with van der Waals surface area (Å²) in [4.78, 5) is 0. The van der Waals surface area contributed by atoms with E-state index >= 15 is 0 Å². The fourth-order valence-corrected chi connectivity index (χ4v) is 4.53. The number of benzene rings is 1. The van der Waals surface area contributed by atoms with Crippen LogP contribution in [0.5, 0.6) is 0 Å². The SMILES string of the molecule is CC(C)c1cc(C(C)C)c([PH3+])c(C(C)C)c1.C[C]1C(C)=C(C)C(C)=C1C.[Cl][Co][Cl]. The Bertz CT molecular complexity index is 677. The van der Waals surface area contributed by atoms with Crippen LogP contribution < -0.4 is 5.30 Å². The molecule has 0 N–H and O–H groups in total. The number of hydrogen-bond donors (Lipinski definition) is 0. The van der Waals surface area contributed by atoms with Crippen LogP contribution >= 0.6 is 29.5 Å². The summed E-state index contributed by atoms with van der Waals surface area (Å²) < 4.78 is 0. The number of hydrogen-bond acceptors (Lipinski definition) is 0. The summed E-state index contributed by atoms with van der Waals surface area (Å²) in [7, 11) is 11.5. The molecule has 1 unspecified atom stereocenters. The Labute approximate surface area is 198 Å². The van der Waals surface area contributed by atoms with Crippen LogP contribution in [-0.4, -0.2) is 0 Å². The van der Waals surface area contributed by atoms with Crippen LogP contribution in [0, 0.1) is 5.92 Å². The summed E-state index contributed by atoms with van der Waals surface area (Å²) in [5.74, 6) is 3.35. The van der Waals surface area contributed by atoms with Crippen LogP contribution in [0.4, 0.5) is 0 Å². The molecule has 2 rings (SSSR count). The number of allylic oxidation sites excluding steroid dienone is 4. The van der Waals surface area contributed by atoms with E-state index in [1.165, 1.54) is 50.2 Å². The van der Waals surface area contributed by atoms with Crippen molar-refractivity contribution >= 4 is 34.8 Å². The van der Waals surface area contributed by atoms with Crippen molar-refractivity contribution in [1.29, 1.82) is 0 Å². The Morgan fingerprint density at radius 2 is 0.966 bits per heavy atom. The van der Waals surface area contributed by atoms with Crippen molar-refractivity contribution in [3.05, 3.63) is 57.0 Å². The quantitative estimate of drug-likeness (QED) is 0.362. The molecule has 0 nitrogen and oxygen atoms in total. The summed E-state index contributed by atoms with van der Waals surface area (Å²) >= 11 is 0.382. The molecule has 29 heavy (non-hydrogen) atoms. The molecule has 0 spiro atoms. The average Bonchev–Trinajstić information content (AvgIpc) is 2.80. The Hall–Kier alpha value is 0.216. The second-order valence-corrected chi connectivity index (χ2v) is 11.2. The van der Waals surface area contributed by atoms with Crippen LogP contribution in [0.25, 0.3) is 0 Å². The summed E-state index contributed by atoms with van der Waals surface area (Å²) in [6, 6.07) is 4.81. The van der Waals surface area contributed by atoms with E-state index in [2.05, 4.69) is 97.5 Å². The van der Waals surface area contributed by atoms with E-state index in [0.717, 1.165) is 0 Å². The third kappa shape index (κ3) is 8.34. The molecular weight excluding hydrogens is 461 g/mol. The number of rotatable bonds is 3. The van der Waals surface area contributed by atoms with Gasteiger partial charge in [-0.2, -0.15) is 0 Å². The van der Waals surface area contributed by atoms with Gasteiger partial charge < -0.3 is 0 Å². The van der Waals surface area contributed by atoms with Gasteiger partial charge in [0.15, 0.2) is 0 Å². The zero-order valence-electron chi connectivity index (χ0n) is 20.2. The van der Waals surface area contributed by atoms with E-state index in [-0.39, 0.29) is 0 Å². The van der Waals surface area contributed by atoms with Gasteiger partial charge in [-0.05, 0) is 73.3 Å². The molecule has 1 aromatic carbocycles. The van der Waals surface area contributed by atoms with Gasteiger partial charge in [0.05, 0.1) is 5.30 Å². The zero-order chi connectivity index (χ0) is 23.0. The summed E-state index contributed by atoms with van der Waals surface area (Å²) in [6.45, 7) is 24.7. The molecule has 0 heterocycles. The Balaban J connectivity index is 0.000000514. The monoisotopic (exact) mass is 501 g/mol. The maximum atomic E-state index is 4.73. The fraction of sp³-hybridized carbons (Fsp3) is 0.560. The topological polar surface area (TPSA) is 0 Å². The van der Waals surface area contributed by atoms with E-state index in [0.29, 0.717) is 30.6 Å². The first-order valence-corrected chi connectivity index (χ1v) is 13.9. The van der Waals surface area contributed by atoms with E-state index in [4.69, 9.17) is 20.3 Å². The standard InChI is InChI=1S/C15H25P.C10H15.2ClH.Co/c1-9(2)12-7-13(10(3)4)15(16)14(8-12)11(5)6;1-6-7(2)9(4)10(5)8(6)3;;;/h7-11H,16H2,1-6H3;1-5H3;2*1H;/q;;;;+2/p-1. The molecule has 1 atom stereocenters. The molecule has 4 heteroatoms. The molecule has 0 aromatic heterocycles.